The van der Waals surface area contributed by atoms with Gasteiger partial charge >= 0.3 is 0 Å². The molecular formula is C15H20N2O2S. The smallest absolute Gasteiger partial charge is 0.119 e. The number of thioether (sulfide) groups is 1. The third kappa shape index (κ3) is 5.04. The average Bonchev–Trinajstić information content (AvgIpc) is 2.52. The number of aliphatic hydroxyl groups excluding tert-OH is 1. The SMILES string of the molecule is N#Cc1ccc(OCC(O)CNC2CCCSC2)cc1. The lowest BCUT2D eigenvalue weighted by Crippen LogP contribution is -2.40. The molecule has 2 N–H and O–H groups in total. The highest BCUT2D eigenvalue weighted by atomic mass is 32.2. The molecule has 1 aromatic carbocycles. The van der Waals surface area contributed by atoms with E-state index in [4.69, 9.17) is 10.00 Å². The fourth-order valence-electron chi connectivity index (χ4n) is 2.08. The van der Waals surface area contributed by atoms with E-state index in [2.05, 4.69) is 11.4 Å². The van der Waals surface area contributed by atoms with Crippen LogP contribution in [0.2, 0.25) is 0 Å². The Kier molecular flexibility index (Phi) is 6.19. The minimum Gasteiger partial charge on any atom is -0.491 e. The normalized spacial score (nSPS) is 20.1. The largest absolute Gasteiger partial charge is 0.491 e. The van der Waals surface area contributed by atoms with Crippen molar-refractivity contribution >= 4 is 11.8 Å². The van der Waals surface area contributed by atoms with Gasteiger partial charge in [-0.05, 0) is 42.9 Å². The van der Waals surface area contributed by atoms with Crippen molar-refractivity contribution in [3.05, 3.63) is 29.8 Å². The Morgan fingerprint density at radius 3 is 2.90 bits per heavy atom. The van der Waals surface area contributed by atoms with Crippen LogP contribution in [0.3, 0.4) is 0 Å². The molecule has 2 rings (SSSR count). The lowest BCUT2D eigenvalue weighted by Gasteiger charge is -2.24. The third-order valence-electron chi connectivity index (χ3n) is 3.23. The van der Waals surface area contributed by atoms with Crippen LogP contribution in [0.4, 0.5) is 0 Å². The Morgan fingerprint density at radius 1 is 1.45 bits per heavy atom. The van der Waals surface area contributed by atoms with E-state index in [-0.39, 0.29) is 6.61 Å². The molecule has 0 aliphatic carbocycles. The lowest BCUT2D eigenvalue weighted by molar-refractivity contribution is 0.104. The second kappa shape index (κ2) is 8.15. The molecule has 2 atom stereocenters. The van der Waals surface area contributed by atoms with Crippen molar-refractivity contribution in [1.82, 2.24) is 5.32 Å². The first-order valence-electron chi connectivity index (χ1n) is 6.90. The number of aliphatic hydroxyl groups is 1. The van der Waals surface area contributed by atoms with Crippen molar-refractivity contribution < 1.29 is 9.84 Å². The van der Waals surface area contributed by atoms with Crippen LogP contribution in [0.5, 0.6) is 5.75 Å². The summed E-state index contributed by atoms with van der Waals surface area (Å²) in [4.78, 5) is 0. The third-order valence-corrected chi connectivity index (χ3v) is 4.44. The van der Waals surface area contributed by atoms with Crippen LogP contribution < -0.4 is 10.1 Å². The first-order valence-corrected chi connectivity index (χ1v) is 8.05. The molecule has 0 aromatic heterocycles. The molecule has 1 fully saturated rings. The van der Waals surface area contributed by atoms with E-state index in [9.17, 15) is 5.11 Å². The van der Waals surface area contributed by atoms with Gasteiger partial charge in [0.15, 0.2) is 0 Å². The summed E-state index contributed by atoms with van der Waals surface area (Å²) in [5.74, 6) is 3.06. The molecule has 1 saturated heterocycles. The topological polar surface area (TPSA) is 65.3 Å². The summed E-state index contributed by atoms with van der Waals surface area (Å²) in [6.07, 6.45) is 1.92. The van der Waals surface area contributed by atoms with Gasteiger partial charge in [0.1, 0.15) is 18.5 Å². The summed E-state index contributed by atoms with van der Waals surface area (Å²) in [5.41, 5.74) is 0.606. The van der Waals surface area contributed by atoms with Crippen molar-refractivity contribution in [3.8, 4) is 11.8 Å². The van der Waals surface area contributed by atoms with Gasteiger partial charge in [0.25, 0.3) is 0 Å². The molecule has 20 heavy (non-hydrogen) atoms. The maximum atomic E-state index is 9.90. The monoisotopic (exact) mass is 292 g/mol. The van der Waals surface area contributed by atoms with Crippen LogP contribution >= 0.6 is 11.8 Å². The molecule has 5 heteroatoms. The van der Waals surface area contributed by atoms with Gasteiger partial charge in [0.05, 0.1) is 11.6 Å². The van der Waals surface area contributed by atoms with Crippen molar-refractivity contribution in [2.24, 2.45) is 0 Å². The van der Waals surface area contributed by atoms with Crippen molar-refractivity contribution in [1.29, 1.82) is 5.26 Å². The van der Waals surface area contributed by atoms with E-state index < -0.39 is 6.10 Å². The van der Waals surface area contributed by atoms with E-state index in [1.54, 1.807) is 24.3 Å². The molecule has 1 aliphatic rings. The molecule has 4 nitrogen and oxygen atoms in total. The minimum absolute atomic E-state index is 0.263. The summed E-state index contributed by atoms with van der Waals surface area (Å²) in [5, 5.41) is 22.0. The quantitative estimate of drug-likeness (QED) is 0.837. The summed E-state index contributed by atoms with van der Waals surface area (Å²) < 4.78 is 5.50. The van der Waals surface area contributed by atoms with Gasteiger partial charge in [-0.2, -0.15) is 17.0 Å². The molecular weight excluding hydrogens is 272 g/mol. The fraction of sp³-hybridized carbons (Fsp3) is 0.533. The Hall–Kier alpha value is -1.22. The maximum absolute atomic E-state index is 9.90. The zero-order valence-corrected chi connectivity index (χ0v) is 12.2. The van der Waals surface area contributed by atoms with Gasteiger partial charge in [0, 0.05) is 18.3 Å². The van der Waals surface area contributed by atoms with Crippen LogP contribution in [-0.4, -0.2) is 41.9 Å². The summed E-state index contributed by atoms with van der Waals surface area (Å²) in [7, 11) is 0. The van der Waals surface area contributed by atoms with Crippen LogP contribution in [0.15, 0.2) is 24.3 Å². The predicted octanol–water partition coefficient (Wildman–Crippen LogP) is 1.78. The molecule has 1 aromatic rings. The van der Waals surface area contributed by atoms with Crippen LogP contribution in [0.1, 0.15) is 18.4 Å². The lowest BCUT2D eigenvalue weighted by atomic mass is 10.2. The highest BCUT2D eigenvalue weighted by molar-refractivity contribution is 7.99. The molecule has 108 valence electrons. The number of nitriles is 1. The Morgan fingerprint density at radius 2 is 2.25 bits per heavy atom. The van der Waals surface area contributed by atoms with Crippen LogP contribution in [-0.2, 0) is 0 Å². The van der Waals surface area contributed by atoms with E-state index in [1.807, 2.05) is 11.8 Å². The van der Waals surface area contributed by atoms with E-state index >= 15 is 0 Å². The van der Waals surface area contributed by atoms with E-state index in [1.165, 1.54) is 18.6 Å². The second-order valence-corrected chi connectivity index (χ2v) is 6.07. The number of rotatable bonds is 6. The average molecular weight is 292 g/mol. The number of hydrogen-bond donors (Lipinski definition) is 2. The predicted molar refractivity (Wildman–Crippen MR) is 81.0 cm³/mol. The maximum Gasteiger partial charge on any atom is 0.119 e. The van der Waals surface area contributed by atoms with Gasteiger partial charge in [0.2, 0.25) is 0 Å². The number of ether oxygens (including phenoxy) is 1. The zero-order chi connectivity index (χ0) is 14.2. The standard InChI is InChI=1S/C15H20N2O2S/c16-8-12-3-5-15(6-4-12)19-10-14(18)9-17-13-2-1-7-20-11-13/h3-6,13-14,17-18H,1-2,7,9-11H2. The Bertz CT molecular complexity index is 438. The molecule has 2 unspecified atom stereocenters. The zero-order valence-electron chi connectivity index (χ0n) is 11.4. The molecule has 0 bridgehead atoms. The number of benzene rings is 1. The Labute approximate surface area is 124 Å². The number of hydrogen-bond acceptors (Lipinski definition) is 5. The van der Waals surface area contributed by atoms with Gasteiger partial charge in [-0.15, -0.1) is 0 Å². The summed E-state index contributed by atoms with van der Waals surface area (Å²) >= 11 is 1.97. The van der Waals surface area contributed by atoms with Gasteiger partial charge < -0.3 is 15.2 Å². The van der Waals surface area contributed by atoms with Crippen LogP contribution in [0, 0.1) is 11.3 Å². The molecule has 0 saturated carbocycles. The first kappa shape index (κ1) is 15.2. The van der Waals surface area contributed by atoms with Crippen LogP contribution in [0.25, 0.3) is 0 Å². The number of nitrogens with one attached hydrogen (secondary N) is 1. The van der Waals surface area contributed by atoms with Gasteiger partial charge in [-0.1, -0.05) is 0 Å². The Balaban J connectivity index is 1.66. The van der Waals surface area contributed by atoms with E-state index in [0.717, 1.165) is 5.75 Å². The van der Waals surface area contributed by atoms with Crippen molar-refractivity contribution in [2.45, 2.75) is 25.0 Å². The highest BCUT2D eigenvalue weighted by Gasteiger charge is 2.14. The van der Waals surface area contributed by atoms with E-state index in [0.29, 0.717) is 23.9 Å². The highest BCUT2D eigenvalue weighted by Crippen LogP contribution is 2.16. The first-order chi connectivity index (χ1) is 9.78. The molecule has 0 radical (unpaired) electrons. The van der Waals surface area contributed by atoms with Crippen molar-refractivity contribution in [3.63, 3.8) is 0 Å². The number of nitrogens with zero attached hydrogens (tertiary/aromatic N) is 1. The summed E-state index contributed by atoms with van der Waals surface area (Å²) in [6, 6.07) is 9.48. The minimum atomic E-state index is -0.516. The molecule has 1 heterocycles. The van der Waals surface area contributed by atoms with Crippen molar-refractivity contribution in [2.75, 3.05) is 24.7 Å². The van der Waals surface area contributed by atoms with Gasteiger partial charge in [-0.3, -0.25) is 0 Å². The summed E-state index contributed by atoms with van der Waals surface area (Å²) in [6.45, 7) is 0.820. The second-order valence-electron chi connectivity index (χ2n) is 4.92. The fourth-order valence-corrected chi connectivity index (χ4v) is 3.19. The molecule has 0 amide bonds. The molecule has 1 aliphatic heterocycles. The molecule has 0 spiro atoms. The van der Waals surface area contributed by atoms with Gasteiger partial charge in [-0.25, -0.2) is 0 Å².